The van der Waals surface area contributed by atoms with Gasteiger partial charge in [0, 0.05) is 13.0 Å². The first-order valence-corrected chi connectivity index (χ1v) is 7.80. The number of carbonyl (C=O) groups is 2. The lowest BCUT2D eigenvalue weighted by molar-refractivity contribution is -0.145. The van der Waals surface area contributed by atoms with Crippen LogP contribution in [-0.2, 0) is 25.5 Å². The van der Waals surface area contributed by atoms with Crippen LogP contribution in [-0.4, -0.2) is 43.3 Å². The van der Waals surface area contributed by atoms with Crippen LogP contribution >= 0.6 is 0 Å². The Morgan fingerprint density at radius 3 is 2.65 bits per heavy atom. The number of methoxy groups -OCH3 is 1. The van der Waals surface area contributed by atoms with E-state index in [0.717, 1.165) is 19.3 Å². The molecule has 0 aliphatic rings. The summed E-state index contributed by atoms with van der Waals surface area (Å²) in [6.45, 7) is 2.51. The first kappa shape index (κ1) is 19.0. The number of para-hydroxylation sites is 1. The molecule has 0 spiro atoms. The third-order valence-corrected chi connectivity index (χ3v) is 3.36. The van der Waals surface area contributed by atoms with Crippen molar-refractivity contribution in [3.63, 3.8) is 0 Å². The third kappa shape index (κ3) is 7.15. The fourth-order valence-corrected chi connectivity index (χ4v) is 2.09. The van der Waals surface area contributed by atoms with Gasteiger partial charge in [-0.05, 0) is 18.1 Å². The van der Waals surface area contributed by atoms with E-state index in [9.17, 15) is 14.7 Å². The molecule has 0 aliphatic carbocycles. The average molecular weight is 323 g/mol. The lowest BCUT2D eigenvalue weighted by Gasteiger charge is -2.17. The molecular weight excluding hydrogens is 298 g/mol. The number of aromatic hydroxyl groups is 1. The third-order valence-electron chi connectivity index (χ3n) is 3.36. The molecule has 0 fully saturated rings. The fraction of sp³-hybridized carbons (Fsp3) is 0.529. The Bertz CT molecular complexity index is 504. The first-order valence-electron chi connectivity index (χ1n) is 7.80. The van der Waals surface area contributed by atoms with Crippen LogP contribution in [0, 0.1) is 0 Å². The van der Waals surface area contributed by atoms with Crippen molar-refractivity contribution >= 4 is 11.9 Å². The standard InChI is InChI=1S/C17H25NO5/c1-3-4-7-10-23-12-16(20)18-14(17(21)22-2)11-13-8-5-6-9-15(13)19/h5-6,8-9,14,19H,3-4,7,10-12H2,1-2H3,(H,18,20). The highest BCUT2D eigenvalue weighted by atomic mass is 16.5. The molecule has 0 aromatic heterocycles. The van der Waals surface area contributed by atoms with E-state index in [1.54, 1.807) is 18.2 Å². The number of nitrogens with one attached hydrogen (secondary N) is 1. The number of hydrogen-bond donors (Lipinski definition) is 2. The zero-order chi connectivity index (χ0) is 17.1. The molecule has 6 nitrogen and oxygen atoms in total. The van der Waals surface area contributed by atoms with Crippen LogP contribution in [0.15, 0.2) is 24.3 Å². The highest BCUT2D eigenvalue weighted by Gasteiger charge is 2.23. The minimum Gasteiger partial charge on any atom is -0.508 e. The number of ether oxygens (including phenoxy) is 2. The Labute approximate surface area is 136 Å². The van der Waals surface area contributed by atoms with Crippen LogP contribution in [0.2, 0.25) is 0 Å². The van der Waals surface area contributed by atoms with Gasteiger partial charge in [0.15, 0.2) is 0 Å². The van der Waals surface area contributed by atoms with E-state index in [4.69, 9.17) is 9.47 Å². The topological polar surface area (TPSA) is 84.9 Å². The summed E-state index contributed by atoms with van der Waals surface area (Å²) in [5.74, 6) is -0.869. The highest BCUT2D eigenvalue weighted by molar-refractivity contribution is 5.85. The zero-order valence-corrected chi connectivity index (χ0v) is 13.7. The number of phenols is 1. The van der Waals surface area contributed by atoms with E-state index in [1.807, 2.05) is 0 Å². The van der Waals surface area contributed by atoms with Gasteiger partial charge in [-0.15, -0.1) is 0 Å². The molecule has 1 rings (SSSR count). The van der Waals surface area contributed by atoms with Gasteiger partial charge in [0.2, 0.25) is 5.91 Å². The van der Waals surface area contributed by atoms with Gasteiger partial charge >= 0.3 is 5.97 Å². The van der Waals surface area contributed by atoms with Crippen LogP contribution in [0.25, 0.3) is 0 Å². The molecule has 6 heteroatoms. The van der Waals surface area contributed by atoms with Gasteiger partial charge in [-0.3, -0.25) is 4.79 Å². The van der Waals surface area contributed by atoms with Crippen LogP contribution in [0.4, 0.5) is 0 Å². The lowest BCUT2D eigenvalue weighted by Crippen LogP contribution is -2.44. The molecule has 1 aromatic carbocycles. The fourth-order valence-electron chi connectivity index (χ4n) is 2.09. The molecule has 0 radical (unpaired) electrons. The van der Waals surface area contributed by atoms with Crippen molar-refractivity contribution in [3.05, 3.63) is 29.8 Å². The van der Waals surface area contributed by atoms with Crippen molar-refractivity contribution in [2.45, 2.75) is 38.6 Å². The quantitative estimate of drug-likeness (QED) is 0.506. The van der Waals surface area contributed by atoms with E-state index >= 15 is 0 Å². The van der Waals surface area contributed by atoms with E-state index in [1.165, 1.54) is 13.2 Å². The Morgan fingerprint density at radius 1 is 1.26 bits per heavy atom. The smallest absolute Gasteiger partial charge is 0.328 e. The number of phenolic OH excluding ortho intramolecular Hbond substituents is 1. The summed E-state index contributed by atoms with van der Waals surface area (Å²) in [5.41, 5.74) is 0.562. The zero-order valence-electron chi connectivity index (χ0n) is 13.7. The van der Waals surface area contributed by atoms with Crippen LogP contribution in [0.5, 0.6) is 5.75 Å². The Morgan fingerprint density at radius 2 is 2.00 bits per heavy atom. The molecule has 23 heavy (non-hydrogen) atoms. The molecule has 1 aromatic rings. The number of unbranched alkanes of at least 4 members (excludes halogenated alkanes) is 2. The van der Waals surface area contributed by atoms with Crippen molar-refractivity contribution in [1.82, 2.24) is 5.32 Å². The molecule has 0 aliphatic heterocycles. The van der Waals surface area contributed by atoms with Crippen LogP contribution in [0.3, 0.4) is 0 Å². The van der Waals surface area contributed by atoms with E-state index in [2.05, 4.69) is 12.2 Å². The van der Waals surface area contributed by atoms with Gasteiger partial charge in [-0.1, -0.05) is 38.0 Å². The maximum atomic E-state index is 11.9. The summed E-state index contributed by atoms with van der Waals surface area (Å²) < 4.78 is 9.98. The van der Waals surface area contributed by atoms with Gasteiger partial charge in [0.1, 0.15) is 18.4 Å². The van der Waals surface area contributed by atoms with Crippen LogP contribution < -0.4 is 5.32 Å². The highest BCUT2D eigenvalue weighted by Crippen LogP contribution is 2.17. The molecule has 0 saturated carbocycles. The summed E-state index contributed by atoms with van der Waals surface area (Å²) in [6, 6.07) is 5.80. The predicted octanol–water partition coefficient (Wildman–Crippen LogP) is 1.80. The molecular formula is C17H25NO5. The second-order valence-corrected chi connectivity index (χ2v) is 5.24. The molecule has 1 amide bonds. The number of carbonyl (C=O) groups excluding carboxylic acids is 2. The van der Waals surface area contributed by atoms with Crippen molar-refractivity contribution in [2.75, 3.05) is 20.3 Å². The number of hydrogen-bond acceptors (Lipinski definition) is 5. The number of benzene rings is 1. The lowest BCUT2D eigenvalue weighted by atomic mass is 10.0. The average Bonchev–Trinajstić information content (AvgIpc) is 2.55. The van der Waals surface area contributed by atoms with Gasteiger partial charge in [0.25, 0.3) is 0 Å². The number of rotatable bonds is 10. The summed E-state index contributed by atoms with van der Waals surface area (Å²) >= 11 is 0. The maximum absolute atomic E-state index is 11.9. The molecule has 2 N–H and O–H groups in total. The van der Waals surface area contributed by atoms with Crippen LogP contribution in [0.1, 0.15) is 31.7 Å². The molecule has 128 valence electrons. The summed E-state index contributed by atoms with van der Waals surface area (Å²) in [4.78, 5) is 23.7. The summed E-state index contributed by atoms with van der Waals surface area (Å²) in [7, 11) is 1.26. The first-order chi connectivity index (χ1) is 11.1. The second-order valence-electron chi connectivity index (χ2n) is 5.24. The molecule has 0 bridgehead atoms. The monoisotopic (exact) mass is 323 g/mol. The molecule has 0 heterocycles. The van der Waals surface area contributed by atoms with Crippen molar-refractivity contribution < 1.29 is 24.2 Å². The number of amides is 1. The minimum atomic E-state index is -0.861. The van der Waals surface area contributed by atoms with E-state index in [0.29, 0.717) is 12.2 Å². The minimum absolute atomic E-state index is 0.0754. The predicted molar refractivity (Wildman–Crippen MR) is 86.1 cm³/mol. The normalized spacial score (nSPS) is 11.7. The molecule has 1 atom stereocenters. The second kappa shape index (κ2) is 10.6. The maximum Gasteiger partial charge on any atom is 0.328 e. The Balaban J connectivity index is 2.53. The summed E-state index contributed by atoms with van der Waals surface area (Å²) in [6.07, 6.45) is 3.20. The van der Waals surface area contributed by atoms with Crippen molar-refractivity contribution in [1.29, 1.82) is 0 Å². The summed E-state index contributed by atoms with van der Waals surface area (Å²) in [5, 5.41) is 12.4. The molecule has 1 unspecified atom stereocenters. The largest absolute Gasteiger partial charge is 0.508 e. The SMILES string of the molecule is CCCCCOCC(=O)NC(Cc1ccccc1O)C(=O)OC. The van der Waals surface area contributed by atoms with Crippen molar-refractivity contribution in [3.8, 4) is 5.75 Å². The Kier molecular flexibility index (Phi) is 8.75. The number of esters is 1. The Hall–Kier alpha value is -2.08. The van der Waals surface area contributed by atoms with Gasteiger partial charge < -0.3 is 19.9 Å². The molecule has 0 saturated heterocycles. The van der Waals surface area contributed by atoms with E-state index < -0.39 is 12.0 Å². The van der Waals surface area contributed by atoms with Gasteiger partial charge in [0.05, 0.1) is 7.11 Å². The van der Waals surface area contributed by atoms with Gasteiger partial charge in [-0.25, -0.2) is 4.79 Å². The van der Waals surface area contributed by atoms with Gasteiger partial charge in [-0.2, -0.15) is 0 Å². The van der Waals surface area contributed by atoms with Crippen molar-refractivity contribution in [2.24, 2.45) is 0 Å². The van der Waals surface area contributed by atoms with E-state index in [-0.39, 0.29) is 24.7 Å².